The van der Waals surface area contributed by atoms with E-state index in [-0.39, 0.29) is 12.8 Å². The van der Waals surface area contributed by atoms with Gasteiger partial charge in [0.15, 0.2) is 7.11 Å². The van der Waals surface area contributed by atoms with Crippen LogP contribution in [-0.4, -0.2) is 18.6 Å². The number of nitrogens with one attached hydrogen (secondary N) is 1. The highest BCUT2D eigenvalue weighted by Gasteiger charge is 2.27. The zero-order valence-electron chi connectivity index (χ0n) is 9.17. The number of hydrogen-bond donors (Lipinski definition) is 1. The fourth-order valence-electron chi connectivity index (χ4n) is 1.49. The van der Waals surface area contributed by atoms with Crippen LogP contribution in [0.15, 0.2) is 23.1 Å². The SMILES string of the molecule is C#CCOC1NSc2ccc([N+](=O)OC)cc21. The van der Waals surface area contributed by atoms with Gasteiger partial charge in [-0.05, 0) is 18.0 Å². The van der Waals surface area contributed by atoms with Crippen LogP contribution in [0.1, 0.15) is 11.8 Å². The topological polar surface area (TPSA) is 50.6 Å². The van der Waals surface area contributed by atoms with Gasteiger partial charge in [0, 0.05) is 22.6 Å². The first kappa shape index (κ1) is 11.9. The summed E-state index contributed by atoms with van der Waals surface area (Å²) >= 11 is 1.45. The molecule has 0 spiro atoms. The number of rotatable bonds is 4. The Labute approximate surface area is 103 Å². The van der Waals surface area contributed by atoms with E-state index in [0.29, 0.717) is 10.6 Å². The van der Waals surface area contributed by atoms with E-state index in [0.717, 1.165) is 10.5 Å². The van der Waals surface area contributed by atoms with E-state index in [1.165, 1.54) is 19.1 Å². The van der Waals surface area contributed by atoms with Crippen molar-refractivity contribution >= 4 is 17.6 Å². The average molecular weight is 251 g/mol. The van der Waals surface area contributed by atoms with Gasteiger partial charge in [-0.15, -0.1) is 6.42 Å². The summed E-state index contributed by atoms with van der Waals surface area (Å²) in [6, 6.07) is 5.25. The van der Waals surface area contributed by atoms with Crippen molar-refractivity contribution in [3.8, 4) is 12.3 Å². The lowest BCUT2D eigenvalue weighted by Crippen LogP contribution is -2.12. The molecule has 0 bridgehead atoms. The lowest BCUT2D eigenvalue weighted by molar-refractivity contribution is -0.736. The van der Waals surface area contributed by atoms with Crippen molar-refractivity contribution in [2.24, 2.45) is 0 Å². The van der Waals surface area contributed by atoms with E-state index in [2.05, 4.69) is 15.5 Å². The maximum Gasteiger partial charge on any atom is 0.317 e. The van der Waals surface area contributed by atoms with Gasteiger partial charge in [0.25, 0.3) is 4.92 Å². The average Bonchev–Trinajstić information content (AvgIpc) is 2.77. The van der Waals surface area contributed by atoms with Gasteiger partial charge in [-0.25, -0.2) is 9.56 Å². The first-order valence-electron chi connectivity index (χ1n) is 4.89. The molecule has 1 aromatic carbocycles. The minimum Gasteiger partial charge on any atom is -0.346 e. The molecule has 0 amide bonds. The zero-order valence-corrected chi connectivity index (χ0v) is 9.99. The number of benzene rings is 1. The van der Waals surface area contributed by atoms with Crippen molar-refractivity contribution in [1.29, 1.82) is 0 Å². The number of fused-ring (bicyclic) bond motifs is 1. The van der Waals surface area contributed by atoms with Gasteiger partial charge in [-0.2, -0.15) is 0 Å². The Hall–Kier alpha value is -1.55. The van der Waals surface area contributed by atoms with Gasteiger partial charge in [0.2, 0.25) is 0 Å². The Morgan fingerprint density at radius 1 is 1.65 bits per heavy atom. The quantitative estimate of drug-likeness (QED) is 0.503. The molecule has 2 rings (SSSR count). The van der Waals surface area contributed by atoms with Crippen molar-refractivity contribution in [3.63, 3.8) is 0 Å². The third-order valence-electron chi connectivity index (χ3n) is 2.26. The monoisotopic (exact) mass is 251 g/mol. The minimum absolute atomic E-state index is 0.216. The van der Waals surface area contributed by atoms with Crippen LogP contribution in [-0.2, 0) is 9.57 Å². The summed E-state index contributed by atoms with van der Waals surface area (Å²) in [6.07, 6.45) is 4.84. The second kappa shape index (κ2) is 5.19. The Kier molecular flexibility index (Phi) is 3.64. The first-order valence-corrected chi connectivity index (χ1v) is 5.70. The van der Waals surface area contributed by atoms with Crippen LogP contribution in [0.4, 0.5) is 5.69 Å². The van der Waals surface area contributed by atoms with Gasteiger partial charge < -0.3 is 4.74 Å². The van der Waals surface area contributed by atoms with Crippen LogP contribution in [0.3, 0.4) is 0 Å². The fraction of sp³-hybridized carbons (Fsp3) is 0.273. The summed E-state index contributed by atoms with van der Waals surface area (Å²) in [4.78, 5) is 17.4. The van der Waals surface area contributed by atoms with Crippen LogP contribution < -0.4 is 4.72 Å². The number of hydrogen-bond acceptors (Lipinski definition) is 5. The van der Waals surface area contributed by atoms with E-state index in [1.54, 1.807) is 12.1 Å². The van der Waals surface area contributed by atoms with E-state index in [9.17, 15) is 4.91 Å². The first-order chi connectivity index (χ1) is 8.26. The van der Waals surface area contributed by atoms with Gasteiger partial charge in [0.05, 0.1) is 4.91 Å². The standard InChI is InChI=1S/C11H11N2O3S/c1-3-6-16-11-9-7-8(13(14)15-2)4-5-10(9)17-12-11/h1,4-5,7,11-12H,6H2,2H3/q+1. The molecule has 1 unspecified atom stereocenters. The summed E-state index contributed by atoms with van der Waals surface area (Å²) < 4.78 is 8.50. The van der Waals surface area contributed by atoms with Crippen molar-refractivity contribution in [2.75, 3.05) is 13.7 Å². The molecule has 1 aromatic rings. The molecule has 0 aromatic heterocycles. The maximum atomic E-state index is 11.3. The van der Waals surface area contributed by atoms with Crippen LogP contribution in [0, 0.1) is 17.3 Å². The van der Waals surface area contributed by atoms with E-state index in [1.807, 2.05) is 6.07 Å². The molecule has 1 atom stereocenters. The van der Waals surface area contributed by atoms with Crippen molar-refractivity contribution in [3.05, 3.63) is 28.7 Å². The van der Waals surface area contributed by atoms with E-state index >= 15 is 0 Å². The summed E-state index contributed by atoms with van der Waals surface area (Å²) in [5.74, 6) is 2.41. The molecular weight excluding hydrogens is 240 g/mol. The molecule has 0 saturated heterocycles. The van der Waals surface area contributed by atoms with Gasteiger partial charge in [-0.1, -0.05) is 5.92 Å². The molecule has 0 fully saturated rings. The number of ether oxygens (including phenoxy) is 1. The Balaban J connectivity index is 2.24. The highest BCUT2D eigenvalue weighted by atomic mass is 32.2. The summed E-state index contributed by atoms with van der Waals surface area (Å²) in [6.45, 7) is 0.216. The third-order valence-corrected chi connectivity index (χ3v) is 3.19. The number of terminal acetylenes is 1. The highest BCUT2D eigenvalue weighted by Crippen LogP contribution is 2.37. The van der Waals surface area contributed by atoms with Crippen LogP contribution >= 0.6 is 11.9 Å². The van der Waals surface area contributed by atoms with Crippen molar-refractivity contribution in [1.82, 2.24) is 4.72 Å². The van der Waals surface area contributed by atoms with Gasteiger partial charge in [0.1, 0.15) is 12.8 Å². The normalized spacial score (nSPS) is 17.3. The Morgan fingerprint density at radius 3 is 3.18 bits per heavy atom. The van der Waals surface area contributed by atoms with Gasteiger partial charge >= 0.3 is 5.69 Å². The minimum atomic E-state index is -0.295. The molecule has 17 heavy (non-hydrogen) atoms. The summed E-state index contributed by atoms with van der Waals surface area (Å²) in [7, 11) is 1.32. The molecule has 1 aliphatic rings. The molecular formula is C11H11N2O3S+. The second-order valence-electron chi connectivity index (χ2n) is 3.28. The molecule has 0 radical (unpaired) electrons. The van der Waals surface area contributed by atoms with Crippen LogP contribution in [0.25, 0.3) is 0 Å². The lowest BCUT2D eigenvalue weighted by Gasteiger charge is -2.09. The largest absolute Gasteiger partial charge is 0.346 e. The fourth-order valence-corrected chi connectivity index (χ4v) is 2.34. The summed E-state index contributed by atoms with van der Waals surface area (Å²) in [5.41, 5.74) is 1.31. The molecule has 0 saturated carbocycles. The predicted octanol–water partition coefficient (Wildman–Crippen LogP) is 1.92. The molecule has 1 aliphatic heterocycles. The van der Waals surface area contributed by atoms with Crippen LogP contribution in [0.5, 0.6) is 0 Å². The zero-order chi connectivity index (χ0) is 12.3. The lowest BCUT2D eigenvalue weighted by atomic mass is 10.2. The van der Waals surface area contributed by atoms with E-state index < -0.39 is 0 Å². The second-order valence-corrected chi connectivity index (χ2v) is 4.16. The maximum absolute atomic E-state index is 11.3. The Bertz CT molecular complexity index is 484. The molecule has 1 N–H and O–H groups in total. The predicted molar refractivity (Wildman–Crippen MR) is 63.3 cm³/mol. The highest BCUT2D eigenvalue weighted by molar-refractivity contribution is 7.97. The molecule has 88 valence electrons. The van der Waals surface area contributed by atoms with E-state index in [4.69, 9.17) is 11.2 Å². The number of nitrogens with zero attached hydrogens (tertiary/aromatic N) is 1. The molecule has 6 heteroatoms. The molecule has 5 nitrogen and oxygen atoms in total. The molecule has 1 heterocycles. The smallest absolute Gasteiger partial charge is 0.317 e. The third kappa shape index (κ3) is 2.42. The summed E-state index contributed by atoms with van der Waals surface area (Å²) in [5, 5.41) is 0. The van der Waals surface area contributed by atoms with Crippen LogP contribution in [0.2, 0.25) is 0 Å². The van der Waals surface area contributed by atoms with Crippen molar-refractivity contribution in [2.45, 2.75) is 11.1 Å². The Morgan fingerprint density at radius 2 is 2.47 bits per heavy atom. The molecule has 0 aliphatic carbocycles. The van der Waals surface area contributed by atoms with Crippen molar-refractivity contribution < 1.29 is 14.5 Å². The van der Waals surface area contributed by atoms with Gasteiger partial charge in [-0.3, -0.25) is 0 Å².